The second-order valence-electron chi connectivity index (χ2n) is 5.82. The summed E-state index contributed by atoms with van der Waals surface area (Å²) in [6.45, 7) is 8.00. The Hall–Kier alpha value is -2.04. The first-order chi connectivity index (χ1) is 11.3. The molecule has 1 aromatic heterocycles. The monoisotopic (exact) mass is 315 g/mol. The van der Waals surface area contributed by atoms with Gasteiger partial charge in [-0.3, -0.25) is 0 Å². The third-order valence-corrected chi connectivity index (χ3v) is 3.86. The van der Waals surface area contributed by atoms with Crippen LogP contribution in [0.3, 0.4) is 0 Å². The third kappa shape index (κ3) is 5.27. The topological polar surface area (TPSA) is 61.3 Å². The summed E-state index contributed by atoms with van der Waals surface area (Å²) in [5.74, 6) is 1.88. The van der Waals surface area contributed by atoms with Gasteiger partial charge in [0.2, 0.25) is 0 Å². The fourth-order valence-corrected chi connectivity index (χ4v) is 2.75. The first-order valence-electron chi connectivity index (χ1n) is 8.73. The molecule has 0 aliphatic carbocycles. The van der Waals surface area contributed by atoms with E-state index in [0.29, 0.717) is 12.7 Å². The number of aromatic nitrogens is 1. The molecule has 126 valence electrons. The molecule has 0 atom stereocenters. The van der Waals surface area contributed by atoms with E-state index in [9.17, 15) is 0 Å². The smallest absolute Gasteiger partial charge is 0.126 e. The Balaban J connectivity index is 2.03. The van der Waals surface area contributed by atoms with Gasteiger partial charge < -0.3 is 16.0 Å². The number of nitrogens with one attached hydrogen (secondary N) is 3. The van der Waals surface area contributed by atoms with Crippen LogP contribution in [0.1, 0.15) is 52.0 Å². The molecular formula is C18H29N5. The number of anilines is 1. The highest BCUT2D eigenvalue weighted by Crippen LogP contribution is 2.17. The zero-order valence-corrected chi connectivity index (χ0v) is 14.5. The van der Waals surface area contributed by atoms with E-state index in [4.69, 9.17) is 0 Å². The number of hydrogen-bond acceptors (Lipinski definition) is 5. The van der Waals surface area contributed by atoms with E-state index < -0.39 is 0 Å². The largest absolute Gasteiger partial charge is 0.371 e. The van der Waals surface area contributed by atoms with E-state index in [1.807, 2.05) is 12.3 Å². The summed E-state index contributed by atoms with van der Waals surface area (Å²) in [7, 11) is 0. The molecule has 1 aromatic rings. The van der Waals surface area contributed by atoms with Crippen molar-refractivity contribution in [3.05, 3.63) is 30.0 Å². The van der Waals surface area contributed by atoms with Crippen molar-refractivity contribution in [3.63, 3.8) is 0 Å². The van der Waals surface area contributed by atoms with Gasteiger partial charge >= 0.3 is 0 Å². The van der Waals surface area contributed by atoms with Crippen LogP contribution >= 0.6 is 0 Å². The van der Waals surface area contributed by atoms with Crippen LogP contribution in [0.25, 0.3) is 5.70 Å². The van der Waals surface area contributed by atoms with E-state index in [2.05, 4.69) is 58.8 Å². The Morgan fingerprint density at radius 1 is 1.17 bits per heavy atom. The lowest BCUT2D eigenvalue weighted by Crippen LogP contribution is -2.28. The SMILES string of the molecule is CCCC(CCC)Nc1ccc(C2=CC(NCC)=NCN2)cn1. The van der Waals surface area contributed by atoms with Gasteiger partial charge in [-0.15, -0.1) is 0 Å². The van der Waals surface area contributed by atoms with Gasteiger partial charge in [0.15, 0.2) is 0 Å². The summed E-state index contributed by atoms with van der Waals surface area (Å²) in [5, 5.41) is 10.1. The zero-order chi connectivity index (χ0) is 16.5. The lowest BCUT2D eigenvalue weighted by atomic mass is 10.1. The molecule has 0 amide bonds. The molecule has 1 aliphatic rings. The van der Waals surface area contributed by atoms with Crippen molar-refractivity contribution in [1.82, 2.24) is 15.6 Å². The molecule has 23 heavy (non-hydrogen) atoms. The standard InChI is InChI=1S/C18H29N5/c1-4-7-15(8-5-2)23-17-10-9-14(12-20-17)16-11-18(19-6-3)22-13-21-16/h9-12,15,21H,4-8,13H2,1-3H3,(H,19,22)(H,20,23). The van der Waals surface area contributed by atoms with Gasteiger partial charge in [-0.2, -0.15) is 0 Å². The van der Waals surface area contributed by atoms with Crippen molar-refractivity contribution in [2.45, 2.75) is 52.5 Å². The fraction of sp³-hybridized carbons (Fsp3) is 0.556. The van der Waals surface area contributed by atoms with Crippen LogP contribution in [-0.4, -0.2) is 30.1 Å². The van der Waals surface area contributed by atoms with E-state index in [1.54, 1.807) is 0 Å². The third-order valence-electron chi connectivity index (χ3n) is 3.86. The van der Waals surface area contributed by atoms with E-state index in [-0.39, 0.29) is 0 Å². The zero-order valence-electron chi connectivity index (χ0n) is 14.5. The van der Waals surface area contributed by atoms with Crippen molar-refractivity contribution in [2.24, 2.45) is 4.99 Å². The van der Waals surface area contributed by atoms with Crippen LogP contribution in [0.15, 0.2) is 29.4 Å². The minimum absolute atomic E-state index is 0.517. The van der Waals surface area contributed by atoms with Gasteiger partial charge in [0.25, 0.3) is 0 Å². The summed E-state index contributed by atoms with van der Waals surface area (Å²) in [4.78, 5) is 8.96. The Kier molecular flexibility index (Phi) is 6.91. The molecule has 0 radical (unpaired) electrons. The summed E-state index contributed by atoms with van der Waals surface area (Å²) >= 11 is 0. The Morgan fingerprint density at radius 2 is 1.96 bits per heavy atom. The molecule has 1 aliphatic heterocycles. The minimum Gasteiger partial charge on any atom is -0.371 e. The van der Waals surface area contributed by atoms with Crippen LogP contribution in [0.5, 0.6) is 0 Å². The summed E-state index contributed by atoms with van der Waals surface area (Å²) in [6, 6.07) is 4.69. The molecule has 2 rings (SSSR count). The highest BCUT2D eigenvalue weighted by Gasteiger charge is 2.10. The number of hydrogen-bond donors (Lipinski definition) is 3. The predicted molar refractivity (Wildman–Crippen MR) is 98.6 cm³/mol. The van der Waals surface area contributed by atoms with Crippen molar-refractivity contribution in [2.75, 3.05) is 18.5 Å². The average molecular weight is 315 g/mol. The highest BCUT2D eigenvalue weighted by molar-refractivity contribution is 5.99. The average Bonchev–Trinajstić information content (AvgIpc) is 2.57. The quantitative estimate of drug-likeness (QED) is 0.688. The van der Waals surface area contributed by atoms with Crippen molar-refractivity contribution < 1.29 is 0 Å². The Bertz CT molecular complexity index is 527. The molecule has 2 heterocycles. The second kappa shape index (κ2) is 9.18. The molecule has 0 saturated carbocycles. The van der Waals surface area contributed by atoms with E-state index >= 15 is 0 Å². The van der Waals surface area contributed by atoms with Crippen LogP contribution in [-0.2, 0) is 0 Å². The van der Waals surface area contributed by atoms with Gasteiger partial charge in [0, 0.05) is 36.1 Å². The molecule has 3 N–H and O–H groups in total. The molecule has 0 fully saturated rings. The number of pyridine rings is 1. The van der Waals surface area contributed by atoms with Gasteiger partial charge in [-0.1, -0.05) is 26.7 Å². The van der Waals surface area contributed by atoms with Gasteiger partial charge in [-0.25, -0.2) is 9.98 Å². The summed E-state index contributed by atoms with van der Waals surface area (Å²) in [5.41, 5.74) is 2.15. The lowest BCUT2D eigenvalue weighted by Gasteiger charge is -2.19. The van der Waals surface area contributed by atoms with Crippen molar-refractivity contribution in [1.29, 1.82) is 0 Å². The van der Waals surface area contributed by atoms with E-state index in [1.165, 1.54) is 25.7 Å². The van der Waals surface area contributed by atoms with Gasteiger partial charge in [0.1, 0.15) is 18.3 Å². The number of aliphatic imine (C=N–C) groups is 1. The van der Waals surface area contributed by atoms with E-state index in [0.717, 1.165) is 29.5 Å². The lowest BCUT2D eigenvalue weighted by molar-refractivity contribution is 0.584. The summed E-state index contributed by atoms with van der Waals surface area (Å²) in [6.07, 6.45) is 8.72. The van der Waals surface area contributed by atoms with Crippen LogP contribution in [0.4, 0.5) is 5.82 Å². The van der Waals surface area contributed by atoms with Crippen LogP contribution in [0.2, 0.25) is 0 Å². The molecule has 0 bridgehead atoms. The maximum atomic E-state index is 4.58. The van der Waals surface area contributed by atoms with Crippen LogP contribution in [0, 0.1) is 0 Å². The minimum atomic E-state index is 0.517. The Morgan fingerprint density at radius 3 is 2.57 bits per heavy atom. The maximum Gasteiger partial charge on any atom is 0.126 e. The molecule has 5 heteroatoms. The number of rotatable bonds is 8. The predicted octanol–water partition coefficient (Wildman–Crippen LogP) is 3.37. The first kappa shape index (κ1) is 17.3. The molecular weight excluding hydrogens is 286 g/mol. The highest BCUT2D eigenvalue weighted by atomic mass is 15.1. The first-order valence-corrected chi connectivity index (χ1v) is 8.73. The summed E-state index contributed by atoms with van der Waals surface area (Å²) < 4.78 is 0. The Labute approximate surface area is 139 Å². The van der Waals surface area contributed by atoms with Crippen LogP contribution < -0.4 is 16.0 Å². The molecule has 0 spiro atoms. The van der Waals surface area contributed by atoms with Crippen molar-refractivity contribution in [3.8, 4) is 0 Å². The number of likely N-dealkylation sites (N-methyl/N-ethyl adjacent to an activating group) is 1. The molecule has 0 aromatic carbocycles. The second-order valence-corrected chi connectivity index (χ2v) is 5.82. The van der Waals surface area contributed by atoms with Gasteiger partial charge in [-0.05, 0) is 31.9 Å². The van der Waals surface area contributed by atoms with Gasteiger partial charge in [0.05, 0.1) is 0 Å². The fourth-order valence-electron chi connectivity index (χ4n) is 2.75. The number of amidine groups is 1. The number of nitrogens with zero attached hydrogens (tertiary/aromatic N) is 2. The molecule has 0 saturated heterocycles. The van der Waals surface area contributed by atoms with Crippen molar-refractivity contribution >= 4 is 17.4 Å². The molecule has 5 nitrogen and oxygen atoms in total. The maximum absolute atomic E-state index is 4.58. The molecule has 0 unspecified atom stereocenters. The normalized spacial score (nSPS) is 14.1.